The SMILES string of the molecule is COc1ccc(/C=C/C(=O)O)cc1CN1CC(O)C(O)C1. The second-order valence-electron chi connectivity index (χ2n) is 5.07. The second kappa shape index (κ2) is 6.71. The van der Waals surface area contributed by atoms with E-state index in [1.807, 2.05) is 11.0 Å². The standard InChI is InChI=1S/C15H19NO5/c1-21-14-4-2-10(3-5-15(19)20)6-11(14)7-16-8-12(17)13(18)9-16/h2-6,12-13,17-18H,7-9H2,1H3,(H,19,20)/b5-3+. The molecule has 0 aromatic heterocycles. The lowest BCUT2D eigenvalue weighted by molar-refractivity contribution is -0.131. The van der Waals surface area contributed by atoms with E-state index in [1.54, 1.807) is 19.2 Å². The van der Waals surface area contributed by atoms with Gasteiger partial charge in [0.1, 0.15) is 5.75 Å². The summed E-state index contributed by atoms with van der Waals surface area (Å²) in [6.07, 6.45) is 1.13. The Morgan fingerprint density at radius 3 is 2.62 bits per heavy atom. The number of benzene rings is 1. The number of β-amino-alcohol motifs (C(OH)–C–C–N with tert-alkyl or cyclic N) is 2. The minimum absolute atomic E-state index is 0.402. The van der Waals surface area contributed by atoms with Gasteiger partial charge in [-0.05, 0) is 23.8 Å². The summed E-state index contributed by atoms with van der Waals surface area (Å²) in [5.41, 5.74) is 1.64. The average Bonchev–Trinajstić information content (AvgIpc) is 2.75. The normalized spacial score (nSPS) is 22.8. The number of ether oxygens (including phenoxy) is 1. The van der Waals surface area contributed by atoms with Gasteiger partial charge in [-0.3, -0.25) is 4.90 Å². The molecule has 1 aromatic rings. The smallest absolute Gasteiger partial charge is 0.328 e. The molecule has 1 aliphatic heterocycles. The molecule has 6 heteroatoms. The highest BCUT2D eigenvalue weighted by Gasteiger charge is 2.29. The molecule has 0 bridgehead atoms. The maximum Gasteiger partial charge on any atom is 0.328 e. The van der Waals surface area contributed by atoms with Crippen LogP contribution in [0.1, 0.15) is 11.1 Å². The third-order valence-corrected chi connectivity index (χ3v) is 3.45. The van der Waals surface area contributed by atoms with Crippen molar-refractivity contribution < 1.29 is 24.9 Å². The van der Waals surface area contributed by atoms with Crippen molar-refractivity contribution in [1.29, 1.82) is 0 Å². The summed E-state index contributed by atoms with van der Waals surface area (Å²) in [7, 11) is 1.57. The van der Waals surface area contributed by atoms with Crippen LogP contribution >= 0.6 is 0 Å². The largest absolute Gasteiger partial charge is 0.496 e. The Balaban J connectivity index is 2.16. The molecule has 2 atom stereocenters. The van der Waals surface area contributed by atoms with Crippen LogP contribution in [0, 0.1) is 0 Å². The average molecular weight is 293 g/mol. The van der Waals surface area contributed by atoms with Gasteiger partial charge in [-0.1, -0.05) is 6.07 Å². The van der Waals surface area contributed by atoms with E-state index < -0.39 is 18.2 Å². The zero-order valence-electron chi connectivity index (χ0n) is 11.8. The highest BCUT2D eigenvalue weighted by Crippen LogP contribution is 2.24. The Labute approximate surface area is 122 Å². The molecule has 1 heterocycles. The van der Waals surface area contributed by atoms with E-state index in [0.717, 1.165) is 17.2 Å². The van der Waals surface area contributed by atoms with Crippen molar-refractivity contribution in [3.8, 4) is 5.75 Å². The van der Waals surface area contributed by atoms with Crippen LogP contribution in [0.2, 0.25) is 0 Å². The molecule has 2 rings (SSSR count). The summed E-state index contributed by atoms with van der Waals surface area (Å²) in [6.45, 7) is 1.32. The molecular weight excluding hydrogens is 274 g/mol. The fourth-order valence-electron chi connectivity index (χ4n) is 2.41. The molecule has 3 N–H and O–H groups in total. The van der Waals surface area contributed by atoms with Crippen molar-refractivity contribution in [3.05, 3.63) is 35.4 Å². The van der Waals surface area contributed by atoms with E-state index >= 15 is 0 Å². The molecule has 114 valence electrons. The number of aliphatic carboxylic acids is 1. The van der Waals surface area contributed by atoms with Crippen LogP contribution in [0.15, 0.2) is 24.3 Å². The summed E-state index contributed by atoms with van der Waals surface area (Å²) < 4.78 is 5.30. The molecule has 1 fully saturated rings. The van der Waals surface area contributed by atoms with Gasteiger partial charge >= 0.3 is 5.97 Å². The molecule has 2 unspecified atom stereocenters. The first-order chi connectivity index (χ1) is 9.99. The molecule has 1 aromatic carbocycles. The monoisotopic (exact) mass is 293 g/mol. The molecule has 0 radical (unpaired) electrons. The first-order valence-corrected chi connectivity index (χ1v) is 6.66. The van der Waals surface area contributed by atoms with Gasteiger partial charge in [0.15, 0.2) is 0 Å². The number of carboxylic acid groups (broad SMARTS) is 1. The number of hydrogen-bond acceptors (Lipinski definition) is 5. The lowest BCUT2D eigenvalue weighted by atomic mass is 10.1. The van der Waals surface area contributed by atoms with Gasteiger partial charge < -0.3 is 20.1 Å². The van der Waals surface area contributed by atoms with Crippen LogP contribution in [0.25, 0.3) is 6.08 Å². The van der Waals surface area contributed by atoms with Crippen molar-refractivity contribution in [1.82, 2.24) is 4.90 Å². The number of methoxy groups -OCH3 is 1. The molecule has 1 saturated heterocycles. The lowest BCUT2D eigenvalue weighted by Gasteiger charge is -2.17. The predicted molar refractivity (Wildman–Crippen MR) is 77.0 cm³/mol. The second-order valence-corrected chi connectivity index (χ2v) is 5.07. The van der Waals surface area contributed by atoms with Crippen LogP contribution in [0.3, 0.4) is 0 Å². The van der Waals surface area contributed by atoms with E-state index in [9.17, 15) is 15.0 Å². The lowest BCUT2D eigenvalue weighted by Crippen LogP contribution is -2.22. The molecule has 0 aliphatic carbocycles. The van der Waals surface area contributed by atoms with Crippen LogP contribution in [-0.4, -0.2) is 58.6 Å². The number of likely N-dealkylation sites (tertiary alicyclic amines) is 1. The van der Waals surface area contributed by atoms with E-state index in [4.69, 9.17) is 9.84 Å². The number of nitrogens with zero attached hydrogens (tertiary/aromatic N) is 1. The van der Waals surface area contributed by atoms with Crippen LogP contribution < -0.4 is 4.74 Å². The van der Waals surface area contributed by atoms with Crippen molar-refractivity contribution in [2.24, 2.45) is 0 Å². The van der Waals surface area contributed by atoms with E-state index in [1.165, 1.54) is 6.08 Å². The zero-order chi connectivity index (χ0) is 15.4. The van der Waals surface area contributed by atoms with Crippen LogP contribution in [-0.2, 0) is 11.3 Å². The highest BCUT2D eigenvalue weighted by molar-refractivity contribution is 5.85. The summed E-state index contributed by atoms with van der Waals surface area (Å²) in [6, 6.07) is 5.39. The summed E-state index contributed by atoms with van der Waals surface area (Å²) >= 11 is 0. The van der Waals surface area contributed by atoms with E-state index in [2.05, 4.69) is 0 Å². The zero-order valence-corrected chi connectivity index (χ0v) is 11.8. The number of aliphatic hydroxyl groups excluding tert-OH is 2. The fourth-order valence-corrected chi connectivity index (χ4v) is 2.41. The minimum atomic E-state index is -1.00. The summed E-state index contributed by atoms with van der Waals surface area (Å²) in [5, 5.41) is 27.8. The Morgan fingerprint density at radius 2 is 2.05 bits per heavy atom. The molecular formula is C15H19NO5. The Hall–Kier alpha value is -1.89. The van der Waals surface area contributed by atoms with Crippen molar-refractivity contribution in [2.45, 2.75) is 18.8 Å². The van der Waals surface area contributed by atoms with Crippen molar-refractivity contribution in [3.63, 3.8) is 0 Å². The van der Waals surface area contributed by atoms with Crippen molar-refractivity contribution >= 4 is 12.0 Å². The topological polar surface area (TPSA) is 90.2 Å². The quantitative estimate of drug-likeness (QED) is 0.678. The van der Waals surface area contributed by atoms with Crippen molar-refractivity contribution in [2.75, 3.05) is 20.2 Å². The highest BCUT2D eigenvalue weighted by atomic mass is 16.5. The molecule has 1 aliphatic rings. The molecule has 0 saturated carbocycles. The Morgan fingerprint density at radius 1 is 1.38 bits per heavy atom. The maximum absolute atomic E-state index is 10.6. The van der Waals surface area contributed by atoms with Gasteiger partial charge in [0.05, 0.1) is 19.3 Å². The maximum atomic E-state index is 10.6. The Kier molecular flexibility index (Phi) is 4.95. The minimum Gasteiger partial charge on any atom is -0.496 e. The first-order valence-electron chi connectivity index (χ1n) is 6.66. The van der Waals surface area contributed by atoms with E-state index in [-0.39, 0.29) is 0 Å². The fraction of sp³-hybridized carbons (Fsp3) is 0.400. The number of carboxylic acids is 1. The van der Waals surface area contributed by atoms with Crippen LogP contribution in [0.4, 0.5) is 0 Å². The van der Waals surface area contributed by atoms with Crippen LogP contribution in [0.5, 0.6) is 5.75 Å². The third-order valence-electron chi connectivity index (χ3n) is 3.45. The molecule has 6 nitrogen and oxygen atoms in total. The van der Waals surface area contributed by atoms with Gasteiger partial charge in [0, 0.05) is 31.3 Å². The van der Waals surface area contributed by atoms with Gasteiger partial charge in [0.25, 0.3) is 0 Å². The van der Waals surface area contributed by atoms with Gasteiger partial charge in [0.2, 0.25) is 0 Å². The number of carbonyl (C=O) groups is 1. The molecule has 0 spiro atoms. The summed E-state index contributed by atoms with van der Waals surface area (Å²) in [5.74, 6) is -0.309. The molecule has 21 heavy (non-hydrogen) atoms. The van der Waals surface area contributed by atoms with Gasteiger partial charge in [-0.2, -0.15) is 0 Å². The Bertz CT molecular complexity index is 533. The van der Waals surface area contributed by atoms with Gasteiger partial charge in [-0.25, -0.2) is 4.79 Å². The van der Waals surface area contributed by atoms with E-state index in [0.29, 0.717) is 25.4 Å². The third kappa shape index (κ3) is 4.04. The summed E-state index contributed by atoms with van der Waals surface area (Å²) in [4.78, 5) is 12.5. The predicted octanol–water partition coefficient (Wildman–Crippen LogP) is 0.330. The number of aliphatic hydroxyl groups is 2. The first kappa shape index (κ1) is 15.5. The number of rotatable bonds is 5. The number of hydrogen-bond donors (Lipinski definition) is 3. The van der Waals surface area contributed by atoms with Gasteiger partial charge in [-0.15, -0.1) is 0 Å². The molecule has 0 amide bonds.